The van der Waals surface area contributed by atoms with Crippen molar-refractivity contribution in [3.05, 3.63) is 57.8 Å². The molecule has 0 radical (unpaired) electrons. The first-order chi connectivity index (χ1) is 10.0. The molecular weight excluding hydrogens is 311 g/mol. The number of aromatic nitrogens is 1. The van der Waals surface area contributed by atoms with E-state index in [0.717, 1.165) is 5.56 Å². The number of hydrogen-bond donors (Lipinski definition) is 0. The SMILES string of the molecule is COc1c(Cl)cc(C(=O)N(C)Cc2cccnc2)cc1Cl. The van der Waals surface area contributed by atoms with Crippen molar-refractivity contribution >= 4 is 29.1 Å². The average molecular weight is 325 g/mol. The third-order valence-corrected chi connectivity index (χ3v) is 3.50. The van der Waals surface area contributed by atoms with E-state index in [1.165, 1.54) is 7.11 Å². The van der Waals surface area contributed by atoms with Crippen molar-refractivity contribution in [3.63, 3.8) is 0 Å². The number of nitrogens with zero attached hydrogens (tertiary/aromatic N) is 2. The van der Waals surface area contributed by atoms with Crippen LogP contribution in [0.1, 0.15) is 15.9 Å². The summed E-state index contributed by atoms with van der Waals surface area (Å²) in [6.45, 7) is 0.452. The van der Waals surface area contributed by atoms with Gasteiger partial charge in [-0.25, -0.2) is 0 Å². The van der Waals surface area contributed by atoms with Crippen LogP contribution in [0.3, 0.4) is 0 Å². The summed E-state index contributed by atoms with van der Waals surface area (Å²) in [4.78, 5) is 18.0. The number of hydrogen-bond acceptors (Lipinski definition) is 3. The van der Waals surface area contributed by atoms with Crippen LogP contribution in [-0.2, 0) is 6.54 Å². The number of benzene rings is 1. The number of pyridine rings is 1. The third-order valence-electron chi connectivity index (χ3n) is 2.94. The minimum absolute atomic E-state index is 0.176. The predicted octanol–water partition coefficient (Wildman–Crippen LogP) is 3.67. The maximum atomic E-state index is 12.4. The topological polar surface area (TPSA) is 42.4 Å². The lowest BCUT2D eigenvalue weighted by atomic mass is 10.1. The minimum Gasteiger partial charge on any atom is -0.494 e. The Labute approximate surface area is 133 Å². The van der Waals surface area contributed by atoms with Crippen LogP contribution in [-0.4, -0.2) is 29.9 Å². The Hall–Kier alpha value is -1.78. The van der Waals surface area contributed by atoms with Crippen molar-refractivity contribution in [2.45, 2.75) is 6.54 Å². The van der Waals surface area contributed by atoms with Gasteiger partial charge in [-0.1, -0.05) is 29.3 Å². The molecule has 0 spiro atoms. The lowest BCUT2D eigenvalue weighted by molar-refractivity contribution is 0.0785. The van der Waals surface area contributed by atoms with E-state index in [1.807, 2.05) is 12.1 Å². The van der Waals surface area contributed by atoms with Crippen LogP contribution < -0.4 is 4.74 Å². The minimum atomic E-state index is -0.176. The maximum absolute atomic E-state index is 12.4. The second-order valence-corrected chi connectivity index (χ2v) is 5.31. The molecule has 0 aliphatic carbocycles. The van der Waals surface area contributed by atoms with Crippen LogP contribution in [0.15, 0.2) is 36.7 Å². The van der Waals surface area contributed by atoms with Crippen molar-refractivity contribution in [2.75, 3.05) is 14.2 Å². The summed E-state index contributed by atoms with van der Waals surface area (Å²) in [6, 6.07) is 6.84. The van der Waals surface area contributed by atoms with Crippen molar-refractivity contribution < 1.29 is 9.53 Å². The van der Waals surface area contributed by atoms with Crippen LogP contribution >= 0.6 is 23.2 Å². The summed E-state index contributed by atoms with van der Waals surface area (Å²) < 4.78 is 5.07. The molecule has 2 rings (SSSR count). The first kappa shape index (κ1) is 15.6. The molecule has 110 valence electrons. The second-order valence-electron chi connectivity index (χ2n) is 4.50. The fourth-order valence-electron chi connectivity index (χ4n) is 1.94. The Morgan fingerprint density at radius 1 is 1.33 bits per heavy atom. The number of methoxy groups -OCH3 is 1. The summed E-state index contributed by atoms with van der Waals surface area (Å²) in [5, 5.41) is 0.617. The quantitative estimate of drug-likeness (QED) is 0.861. The van der Waals surface area contributed by atoms with Gasteiger partial charge in [0.1, 0.15) is 0 Å². The molecule has 6 heteroatoms. The van der Waals surface area contributed by atoms with E-state index in [-0.39, 0.29) is 5.91 Å². The number of carbonyl (C=O) groups is 1. The number of rotatable bonds is 4. The molecule has 0 fully saturated rings. The van der Waals surface area contributed by atoms with Gasteiger partial charge in [0.05, 0.1) is 17.2 Å². The number of carbonyl (C=O) groups excluding carboxylic acids is 1. The molecule has 0 atom stereocenters. The van der Waals surface area contributed by atoms with Gasteiger partial charge in [-0.05, 0) is 23.8 Å². The third kappa shape index (κ3) is 3.65. The van der Waals surface area contributed by atoms with Crippen LogP contribution in [0.4, 0.5) is 0 Å². The Kier molecular flexibility index (Phi) is 5.04. The van der Waals surface area contributed by atoms with E-state index in [9.17, 15) is 4.79 Å². The monoisotopic (exact) mass is 324 g/mol. The molecule has 0 aliphatic rings. The highest BCUT2D eigenvalue weighted by molar-refractivity contribution is 6.37. The fourth-order valence-corrected chi connectivity index (χ4v) is 2.58. The molecule has 4 nitrogen and oxygen atoms in total. The zero-order valence-corrected chi connectivity index (χ0v) is 13.1. The van der Waals surface area contributed by atoms with Gasteiger partial charge in [-0.15, -0.1) is 0 Å². The summed E-state index contributed by atoms with van der Waals surface area (Å²) >= 11 is 12.1. The van der Waals surface area contributed by atoms with Crippen molar-refractivity contribution in [2.24, 2.45) is 0 Å². The van der Waals surface area contributed by atoms with E-state index in [4.69, 9.17) is 27.9 Å². The highest BCUT2D eigenvalue weighted by atomic mass is 35.5. The first-order valence-corrected chi connectivity index (χ1v) is 6.96. The number of ether oxygens (including phenoxy) is 1. The molecule has 0 aliphatic heterocycles. The summed E-state index contributed by atoms with van der Waals surface area (Å²) in [5.74, 6) is 0.190. The molecule has 1 amide bonds. The van der Waals surface area contributed by atoms with E-state index < -0.39 is 0 Å². The number of halogens is 2. The van der Waals surface area contributed by atoms with Crippen molar-refractivity contribution in [3.8, 4) is 5.75 Å². The molecule has 0 saturated heterocycles. The molecule has 0 unspecified atom stereocenters. The van der Waals surface area contributed by atoms with Gasteiger partial charge in [0.25, 0.3) is 5.91 Å². The zero-order chi connectivity index (χ0) is 15.4. The van der Waals surface area contributed by atoms with Crippen LogP contribution in [0.25, 0.3) is 0 Å². The van der Waals surface area contributed by atoms with Crippen molar-refractivity contribution in [1.82, 2.24) is 9.88 Å². The van der Waals surface area contributed by atoms with Gasteiger partial charge in [0.15, 0.2) is 5.75 Å². The molecule has 2 aromatic rings. The van der Waals surface area contributed by atoms with Gasteiger partial charge < -0.3 is 9.64 Å². The Bertz CT molecular complexity index is 624. The van der Waals surface area contributed by atoms with E-state index >= 15 is 0 Å². The van der Waals surface area contributed by atoms with Gasteiger partial charge in [0, 0.05) is 31.5 Å². The Morgan fingerprint density at radius 3 is 2.52 bits per heavy atom. The van der Waals surface area contributed by atoms with Crippen molar-refractivity contribution in [1.29, 1.82) is 0 Å². The predicted molar refractivity (Wildman–Crippen MR) is 83.0 cm³/mol. The Balaban J connectivity index is 2.20. The van der Waals surface area contributed by atoms with Crippen LogP contribution in [0.5, 0.6) is 5.75 Å². The average Bonchev–Trinajstić information content (AvgIpc) is 2.47. The van der Waals surface area contributed by atoms with Gasteiger partial charge in [-0.3, -0.25) is 9.78 Å². The molecule has 21 heavy (non-hydrogen) atoms. The fraction of sp³-hybridized carbons (Fsp3) is 0.200. The number of amides is 1. The largest absolute Gasteiger partial charge is 0.494 e. The van der Waals surface area contributed by atoms with E-state index in [1.54, 1.807) is 36.5 Å². The molecule has 1 heterocycles. The van der Waals surface area contributed by atoms with Gasteiger partial charge in [-0.2, -0.15) is 0 Å². The highest BCUT2D eigenvalue weighted by Gasteiger charge is 2.16. The summed E-state index contributed by atoms with van der Waals surface area (Å²) in [7, 11) is 3.19. The molecule has 1 aromatic carbocycles. The smallest absolute Gasteiger partial charge is 0.254 e. The molecule has 1 aromatic heterocycles. The van der Waals surface area contributed by atoms with Crippen LogP contribution in [0, 0.1) is 0 Å². The van der Waals surface area contributed by atoms with Gasteiger partial charge >= 0.3 is 0 Å². The van der Waals surface area contributed by atoms with E-state index in [2.05, 4.69) is 4.98 Å². The first-order valence-electron chi connectivity index (χ1n) is 6.20. The normalized spacial score (nSPS) is 10.3. The zero-order valence-electron chi connectivity index (χ0n) is 11.6. The molecular formula is C15H14Cl2N2O2. The van der Waals surface area contributed by atoms with Crippen LogP contribution in [0.2, 0.25) is 10.0 Å². The molecule has 0 bridgehead atoms. The second kappa shape index (κ2) is 6.78. The summed E-state index contributed by atoms with van der Waals surface area (Å²) in [5.41, 5.74) is 1.36. The summed E-state index contributed by atoms with van der Waals surface area (Å²) in [6.07, 6.45) is 3.41. The maximum Gasteiger partial charge on any atom is 0.254 e. The van der Waals surface area contributed by atoms with Gasteiger partial charge in [0.2, 0.25) is 0 Å². The lowest BCUT2D eigenvalue weighted by Gasteiger charge is -2.18. The molecule has 0 saturated carbocycles. The highest BCUT2D eigenvalue weighted by Crippen LogP contribution is 2.34. The molecule has 0 N–H and O–H groups in total. The van der Waals surface area contributed by atoms with E-state index in [0.29, 0.717) is 27.9 Å². The standard InChI is InChI=1S/C15H14Cl2N2O2/c1-19(9-10-4-3-5-18-8-10)15(20)11-6-12(16)14(21-2)13(17)7-11/h3-8H,9H2,1-2H3. The Morgan fingerprint density at radius 2 is 2.00 bits per heavy atom. The lowest BCUT2D eigenvalue weighted by Crippen LogP contribution is -2.26.